The lowest BCUT2D eigenvalue weighted by Gasteiger charge is -2.36. The number of hydrogen-bond acceptors (Lipinski definition) is 3. The van der Waals surface area contributed by atoms with E-state index in [2.05, 4.69) is 22.3 Å². The number of halogens is 3. The highest BCUT2D eigenvalue weighted by Gasteiger charge is 2.28. The van der Waals surface area contributed by atoms with Crippen LogP contribution in [-0.2, 0) is 17.7 Å². The topological polar surface area (TPSA) is 24.5 Å². The normalized spacial score (nSPS) is 19.5. The predicted octanol–water partition coefficient (Wildman–Crippen LogP) is 2.21. The Morgan fingerprint density at radius 2 is 2.00 bits per heavy atom. The van der Waals surface area contributed by atoms with Crippen LogP contribution in [-0.4, -0.2) is 50.5 Å². The zero-order chi connectivity index (χ0) is 15.3. The molecule has 0 saturated heterocycles. The van der Waals surface area contributed by atoms with Crippen molar-refractivity contribution >= 4 is 0 Å². The van der Waals surface area contributed by atoms with E-state index in [0.717, 1.165) is 19.5 Å². The lowest BCUT2D eigenvalue weighted by atomic mass is 9.94. The number of rotatable bonds is 6. The van der Waals surface area contributed by atoms with Gasteiger partial charge in [0.2, 0.25) is 0 Å². The number of ether oxygens (including phenoxy) is 1. The molecular weight excluding hydrogens is 281 g/mol. The minimum absolute atomic E-state index is 0.0991. The van der Waals surface area contributed by atoms with Crippen molar-refractivity contribution in [3.63, 3.8) is 0 Å². The van der Waals surface area contributed by atoms with Gasteiger partial charge in [0, 0.05) is 25.7 Å². The summed E-state index contributed by atoms with van der Waals surface area (Å²) in [6.07, 6.45) is -3.34. The van der Waals surface area contributed by atoms with E-state index in [0.29, 0.717) is 12.6 Å². The van der Waals surface area contributed by atoms with Crippen molar-refractivity contribution in [3.8, 4) is 0 Å². The highest BCUT2D eigenvalue weighted by Crippen LogP contribution is 2.23. The molecule has 0 amide bonds. The van der Waals surface area contributed by atoms with Gasteiger partial charge in [0.15, 0.2) is 0 Å². The molecule has 1 aromatic carbocycles. The Hall–Kier alpha value is -1.11. The molecule has 2 rings (SSSR count). The summed E-state index contributed by atoms with van der Waals surface area (Å²) >= 11 is 0. The maximum absolute atomic E-state index is 12.1. The van der Waals surface area contributed by atoms with Gasteiger partial charge < -0.3 is 10.1 Å². The van der Waals surface area contributed by atoms with Crippen LogP contribution in [0.4, 0.5) is 13.2 Å². The van der Waals surface area contributed by atoms with Crippen molar-refractivity contribution in [2.45, 2.75) is 25.2 Å². The Balaban J connectivity index is 1.90. The zero-order valence-corrected chi connectivity index (χ0v) is 12.1. The van der Waals surface area contributed by atoms with Crippen LogP contribution in [0.5, 0.6) is 0 Å². The molecule has 1 aromatic rings. The Kier molecular flexibility index (Phi) is 5.61. The van der Waals surface area contributed by atoms with Gasteiger partial charge in [-0.3, -0.25) is 4.90 Å². The number of likely N-dealkylation sites (N-methyl/N-ethyl adjacent to an activating group) is 1. The second-order valence-corrected chi connectivity index (χ2v) is 5.32. The van der Waals surface area contributed by atoms with Gasteiger partial charge >= 0.3 is 6.18 Å². The molecular formula is C15H21F3N2O. The van der Waals surface area contributed by atoms with E-state index in [-0.39, 0.29) is 6.61 Å². The summed E-state index contributed by atoms with van der Waals surface area (Å²) in [6, 6.07) is 8.51. The van der Waals surface area contributed by atoms with Crippen LogP contribution in [0, 0.1) is 0 Å². The minimum Gasteiger partial charge on any atom is -0.371 e. The third-order valence-corrected chi connectivity index (χ3v) is 3.69. The molecule has 0 spiro atoms. The highest BCUT2D eigenvalue weighted by atomic mass is 19.4. The molecule has 0 aliphatic carbocycles. The van der Waals surface area contributed by atoms with Crippen LogP contribution in [0.2, 0.25) is 0 Å². The summed E-state index contributed by atoms with van der Waals surface area (Å²) in [6.45, 7) is 1.01. The molecule has 1 aliphatic rings. The number of alkyl halides is 3. The smallest absolute Gasteiger partial charge is 0.371 e. The summed E-state index contributed by atoms with van der Waals surface area (Å²) < 4.78 is 40.9. The first-order valence-electron chi connectivity index (χ1n) is 7.09. The van der Waals surface area contributed by atoms with Crippen molar-refractivity contribution in [2.24, 2.45) is 0 Å². The van der Waals surface area contributed by atoms with Crippen molar-refractivity contribution in [2.75, 3.05) is 33.4 Å². The Labute approximate surface area is 123 Å². The number of nitrogens with one attached hydrogen (secondary N) is 1. The van der Waals surface area contributed by atoms with Crippen LogP contribution >= 0.6 is 0 Å². The molecule has 1 unspecified atom stereocenters. The van der Waals surface area contributed by atoms with Crippen LogP contribution in [0.1, 0.15) is 11.1 Å². The van der Waals surface area contributed by atoms with Gasteiger partial charge in [0.1, 0.15) is 6.61 Å². The number of benzene rings is 1. The molecule has 0 radical (unpaired) electrons. The first-order valence-corrected chi connectivity index (χ1v) is 7.09. The standard InChI is InChI=1S/C15H21F3N2O/c1-19-9-14-8-12-4-2-3-5-13(12)10-20(14)6-7-21-11-15(16,17)18/h2-5,14,19H,6-11H2,1H3. The second kappa shape index (κ2) is 7.24. The fourth-order valence-electron chi connectivity index (χ4n) is 2.71. The molecule has 1 N–H and O–H groups in total. The maximum Gasteiger partial charge on any atom is 0.411 e. The molecule has 118 valence electrons. The molecule has 3 nitrogen and oxygen atoms in total. The average Bonchev–Trinajstić information content (AvgIpc) is 2.43. The minimum atomic E-state index is -4.25. The SMILES string of the molecule is CNCC1Cc2ccccc2CN1CCOCC(F)(F)F. The second-order valence-electron chi connectivity index (χ2n) is 5.32. The molecule has 0 fully saturated rings. The van der Waals surface area contributed by atoms with Crippen LogP contribution in [0.25, 0.3) is 0 Å². The predicted molar refractivity (Wildman–Crippen MR) is 75.1 cm³/mol. The molecule has 0 aromatic heterocycles. The number of hydrogen-bond donors (Lipinski definition) is 1. The van der Waals surface area contributed by atoms with Gasteiger partial charge in [-0.15, -0.1) is 0 Å². The molecule has 1 heterocycles. The van der Waals surface area contributed by atoms with E-state index >= 15 is 0 Å². The first kappa shape index (κ1) is 16.3. The quantitative estimate of drug-likeness (QED) is 0.816. The van der Waals surface area contributed by atoms with Crippen LogP contribution in [0.3, 0.4) is 0 Å². The van der Waals surface area contributed by atoms with Crippen molar-refractivity contribution in [1.29, 1.82) is 0 Å². The van der Waals surface area contributed by atoms with Crippen molar-refractivity contribution in [1.82, 2.24) is 10.2 Å². The summed E-state index contributed by atoms with van der Waals surface area (Å²) in [4.78, 5) is 2.19. The summed E-state index contributed by atoms with van der Waals surface area (Å²) in [5, 5.41) is 3.15. The van der Waals surface area contributed by atoms with Gasteiger partial charge in [-0.1, -0.05) is 24.3 Å². The Morgan fingerprint density at radius 3 is 2.67 bits per heavy atom. The van der Waals surface area contributed by atoms with E-state index in [4.69, 9.17) is 4.74 Å². The molecule has 1 aliphatic heterocycles. The number of fused-ring (bicyclic) bond motifs is 1. The molecule has 6 heteroatoms. The molecule has 21 heavy (non-hydrogen) atoms. The summed E-state index contributed by atoms with van der Waals surface area (Å²) in [5.74, 6) is 0. The fraction of sp³-hybridized carbons (Fsp3) is 0.600. The van der Waals surface area contributed by atoms with Gasteiger partial charge in [0.05, 0.1) is 6.61 Å². The van der Waals surface area contributed by atoms with Gasteiger partial charge in [0.25, 0.3) is 0 Å². The van der Waals surface area contributed by atoms with E-state index < -0.39 is 12.8 Å². The number of nitrogens with zero attached hydrogens (tertiary/aromatic N) is 1. The Morgan fingerprint density at radius 1 is 1.29 bits per heavy atom. The van der Waals surface area contributed by atoms with E-state index in [1.54, 1.807) is 0 Å². The highest BCUT2D eigenvalue weighted by molar-refractivity contribution is 5.30. The van der Waals surface area contributed by atoms with Gasteiger partial charge in [-0.25, -0.2) is 0 Å². The monoisotopic (exact) mass is 302 g/mol. The first-order chi connectivity index (χ1) is 9.99. The van der Waals surface area contributed by atoms with Gasteiger partial charge in [-0.2, -0.15) is 13.2 Å². The van der Waals surface area contributed by atoms with Crippen molar-refractivity contribution in [3.05, 3.63) is 35.4 Å². The Bertz CT molecular complexity index is 451. The molecule has 0 bridgehead atoms. The third kappa shape index (κ3) is 4.98. The van der Waals surface area contributed by atoms with E-state index in [1.165, 1.54) is 11.1 Å². The van der Waals surface area contributed by atoms with Gasteiger partial charge in [-0.05, 0) is 24.6 Å². The largest absolute Gasteiger partial charge is 0.411 e. The lowest BCUT2D eigenvalue weighted by Crippen LogP contribution is -2.47. The van der Waals surface area contributed by atoms with E-state index in [9.17, 15) is 13.2 Å². The zero-order valence-electron chi connectivity index (χ0n) is 12.1. The fourth-order valence-corrected chi connectivity index (χ4v) is 2.71. The van der Waals surface area contributed by atoms with E-state index in [1.807, 2.05) is 19.2 Å². The molecule has 0 saturated carbocycles. The van der Waals surface area contributed by atoms with Crippen LogP contribution in [0.15, 0.2) is 24.3 Å². The third-order valence-electron chi connectivity index (χ3n) is 3.69. The van der Waals surface area contributed by atoms with Crippen molar-refractivity contribution < 1.29 is 17.9 Å². The average molecular weight is 302 g/mol. The van der Waals surface area contributed by atoms with Crippen LogP contribution < -0.4 is 5.32 Å². The summed E-state index contributed by atoms with van der Waals surface area (Å²) in [5.41, 5.74) is 2.57. The maximum atomic E-state index is 12.1. The lowest BCUT2D eigenvalue weighted by molar-refractivity contribution is -0.175. The summed E-state index contributed by atoms with van der Waals surface area (Å²) in [7, 11) is 1.89. The molecule has 1 atom stereocenters.